The van der Waals surface area contributed by atoms with Crippen molar-refractivity contribution in [1.82, 2.24) is 10.6 Å². The fraction of sp³-hybridized carbons (Fsp3) is 1.00. The van der Waals surface area contributed by atoms with Gasteiger partial charge in [-0.15, -0.1) is 0 Å². The maximum absolute atomic E-state index is 11.0. The standard InChI is InChI=1S/C6H13N2O2/c9-4-1-5-6(10)8-3-2-7-5/h5-9H,1-4H2. The van der Waals surface area contributed by atoms with Gasteiger partial charge in [0.15, 0.2) is 6.23 Å². The molecule has 0 bridgehead atoms. The summed E-state index contributed by atoms with van der Waals surface area (Å²) in [6.07, 6.45) is -0.206. The molecule has 2 atom stereocenters. The molecule has 59 valence electrons. The number of rotatable bonds is 2. The van der Waals surface area contributed by atoms with Gasteiger partial charge in [0.25, 0.3) is 0 Å². The quantitative estimate of drug-likeness (QED) is 0.452. The van der Waals surface area contributed by atoms with Crippen LogP contribution < -0.4 is 10.6 Å². The van der Waals surface area contributed by atoms with Crippen molar-refractivity contribution in [2.75, 3.05) is 19.7 Å². The molecule has 10 heavy (non-hydrogen) atoms. The molecule has 3 N–H and O–H groups in total. The Morgan fingerprint density at radius 2 is 2.10 bits per heavy atom. The summed E-state index contributed by atoms with van der Waals surface area (Å²) in [5.41, 5.74) is 0. The summed E-state index contributed by atoms with van der Waals surface area (Å²) < 4.78 is 0. The van der Waals surface area contributed by atoms with Gasteiger partial charge in [-0.1, -0.05) is 0 Å². The van der Waals surface area contributed by atoms with E-state index in [2.05, 4.69) is 10.6 Å². The second kappa shape index (κ2) is 3.88. The molecule has 4 nitrogen and oxygen atoms in total. The van der Waals surface area contributed by atoms with Crippen LogP contribution in [-0.4, -0.2) is 37.1 Å². The van der Waals surface area contributed by atoms with E-state index in [0.29, 0.717) is 6.42 Å². The first-order valence-electron chi connectivity index (χ1n) is 3.58. The van der Waals surface area contributed by atoms with Gasteiger partial charge in [0.05, 0.1) is 6.04 Å². The largest absolute Gasteiger partial charge is 0.396 e. The normalized spacial score (nSPS) is 34.2. The van der Waals surface area contributed by atoms with Crippen molar-refractivity contribution in [2.45, 2.75) is 18.7 Å². The lowest BCUT2D eigenvalue weighted by molar-refractivity contribution is 0.00493. The summed E-state index contributed by atoms with van der Waals surface area (Å²) in [6, 6.07) is -0.0984. The minimum atomic E-state index is -0.749. The molecule has 4 heteroatoms. The van der Waals surface area contributed by atoms with Gasteiger partial charge in [0, 0.05) is 19.7 Å². The molecule has 2 unspecified atom stereocenters. The van der Waals surface area contributed by atoms with Crippen LogP contribution in [0.3, 0.4) is 0 Å². The van der Waals surface area contributed by atoms with Crippen molar-refractivity contribution in [1.29, 1.82) is 0 Å². The Balaban J connectivity index is 2.25. The topological polar surface area (TPSA) is 64.2 Å². The number of hydrogen-bond acceptors (Lipinski definition) is 3. The van der Waals surface area contributed by atoms with Gasteiger partial charge in [-0.2, -0.15) is 0 Å². The third kappa shape index (κ3) is 1.91. The van der Waals surface area contributed by atoms with Crippen LogP contribution in [0.2, 0.25) is 0 Å². The zero-order chi connectivity index (χ0) is 7.40. The van der Waals surface area contributed by atoms with Crippen molar-refractivity contribution in [2.24, 2.45) is 0 Å². The van der Waals surface area contributed by atoms with Crippen LogP contribution in [0.5, 0.6) is 0 Å². The van der Waals surface area contributed by atoms with Crippen molar-refractivity contribution in [3.05, 3.63) is 0 Å². The van der Waals surface area contributed by atoms with Crippen LogP contribution in [-0.2, 0) is 5.11 Å². The number of aliphatic hydroxyl groups excluding tert-OH is 1. The maximum Gasteiger partial charge on any atom is 0.159 e. The molecule has 1 saturated heterocycles. The Morgan fingerprint density at radius 3 is 2.70 bits per heavy atom. The van der Waals surface area contributed by atoms with Crippen LogP contribution in [0.1, 0.15) is 6.42 Å². The lowest BCUT2D eigenvalue weighted by Gasteiger charge is -2.27. The van der Waals surface area contributed by atoms with E-state index in [-0.39, 0.29) is 12.6 Å². The molecule has 1 aliphatic heterocycles. The van der Waals surface area contributed by atoms with Gasteiger partial charge in [-0.3, -0.25) is 5.32 Å². The van der Waals surface area contributed by atoms with Gasteiger partial charge in [-0.05, 0) is 6.42 Å². The highest BCUT2D eigenvalue weighted by Crippen LogP contribution is 1.99. The molecule has 1 heterocycles. The number of nitrogens with one attached hydrogen (secondary N) is 2. The summed E-state index contributed by atoms with van der Waals surface area (Å²) in [4.78, 5) is 0. The first-order chi connectivity index (χ1) is 4.84. The first kappa shape index (κ1) is 7.94. The van der Waals surface area contributed by atoms with E-state index in [4.69, 9.17) is 5.11 Å². The van der Waals surface area contributed by atoms with E-state index in [0.717, 1.165) is 13.1 Å². The molecular weight excluding hydrogens is 132 g/mol. The minimum absolute atomic E-state index is 0.0814. The van der Waals surface area contributed by atoms with E-state index in [1.807, 2.05) is 0 Å². The molecule has 0 aromatic rings. The molecule has 1 rings (SSSR count). The Kier molecular flexibility index (Phi) is 3.08. The predicted molar refractivity (Wildman–Crippen MR) is 36.0 cm³/mol. The third-order valence-electron chi connectivity index (χ3n) is 1.68. The predicted octanol–water partition coefficient (Wildman–Crippen LogP) is -1.31. The number of aliphatic hydroxyl groups is 1. The highest BCUT2D eigenvalue weighted by Gasteiger charge is 2.22. The average Bonchev–Trinajstić information content (AvgIpc) is 1.94. The molecule has 1 fully saturated rings. The Labute approximate surface area is 60.2 Å². The molecule has 0 aromatic carbocycles. The van der Waals surface area contributed by atoms with E-state index in [1.165, 1.54) is 0 Å². The molecule has 0 aliphatic carbocycles. The van der Waals surface area contributed by atoms with Crippen LogP contribution in [0.25, 0.3) is 0 Å². The highest BCUT2D eigenvalue weighted by molar-refractivity contribution is 4.78. The zero-order valence-electron chi connectivity index (χ0n) is 5.84. The van der Waals surface area contributed by atoms with Crippen LogP contribution in [0, 0.1) is 0 Å². The summed E-state index contributed by atoms with van der Waals surface area (Å²) in [5, 5.41) is 25.3. The molecular formula is C6H13N2O2. The van der Waals surface area contributed by atoms with Gasteiger partial charge >= 0.3 is 0 Å². The van der Waals surface area contributed by atoms with Crippen molar-refractivity contribution in [3.63, 3.8) is 0 Å². The van der Waals surface area contributed by atoms with Crippen LogP contribution >= 0.6 is 0 Å². The summed E-state index contributed by atoms with van der Waals surface area (Å²) in [5.74, 6) is 0. The summed E-state index contributed by atoms with van der Waals surface area (Å²) >= 11 is 0. The monoisotopic (exact) mass is 145 g/mol. The zero-order valence-corrected chi connectivity index (χ0v) is 5.84. The van der Waals surface area contributed by atoms with E-state index in [1.54, 1.807) is 0 Å². The Hall–Kier alpha value is -0.160. The van der Waals surface area contributed by atoms with Crippen LogP contribution in [0.4, 0.5) is 0 Å². The molecule has 0 amide bonds. The van der Waals surface area contributed by atoms with E-state index < -0.39 is 6.23 Å². The second-order valence-corrected chi connectivity index (χ2v) is 2.45. The smallest absolute Gasteiger partial charge is 0.159 e. The average molecular weight is 145 g/mol. The second-order valence-electron chi connectivity index (χ2n) is 2.45. The van der Waals surface area contributed by atoms with Crippen molar-refractivity contribution < 1.29 is 10.2 Å². The summed E-state index contributed by atoms with van der Waals surface area (Å²) in [6.45, 7) is 1.64. The third-order valence-corrected chi connectivity index (χ3v) is 1.68. The van der Waals surface area contributed by atoms with Gasteiger partial charge in [0.1, 0.15) is 0 Å². The van der Waals surface area contributed by atoms with E-state index in [9.17, 15) is 5.11 Å². The fourth-order valence-electron chi connectivity index (χ4n) is 1.11. The summed E-state index contributed by atoms with van der Waals surface area (Å²) in [7, 11) is 0. The molecule has 0 aromatic heterocycles. The van der Waals surface area contributed by atoms with Gasteiger partial charge < -0.3 is 10.4 Å². The fourth-order valence-corrected chi connectivity index (χ4v) is 1.11. The molecule has 0 saturated carbocycles. The maximum atomic E-state index is 11.0. The Bertz CT molecular complexity index is 97.7. The van der Waals surface area contributed by atoms with Crippen molar-refractivity contribution >= 4 is 0 Å². The lowest BCUT2D eigenvalue weighted by Crippen LogP contribution is -2.55. The number of piperazine rings is 1. The molecule has 0 spiro atoms. The van der Waals surface area contributed by atoms with Gasteiger partial charge in [0.2, 0.25) is 0 Å². The minimum Gasteiger partial charge on any atom is -0.396 e. The van der Waals surface area contributed by atoms with Crippen LogP contribution in [0.15, 0.2) is 0 Å². The van der Waals surface area contributed by atoms with Gasteiger partial charge in [-0.25, -0.2) is 5.11 Å². The first-order valence-corrected chi connectivity index (χ1v) is 3.58. The molecule has 1 aliphatic rings. The highest BCUT2D eigenvalue weighted by atomic mass is 16.3. The lowest BCUT2D eigenvalue weighted by atomic mass is 10.1. The van der Waals surface area contributed by atoms with Crippen molar-refractivity contribution in [3.8, 4) is 0 Å². The van der Waals surface area contributed by atoms with E-state index >= 15 is 0 Å². The molecule has 1 radical (unpaired) electrons. The Morgan fingerprint density at radius 1 is 1.40 bits per heavy atom. The SMILES string of the molecule is [O]C1NCCNC1CCO. The number of hydrogen-bond donors (Lipinski definition) is 3.